The predicted molar refractivity (Wildman–Crippen MR) is 151 cm³/mol. The lowest BCUT2D eigenvalue weighted by atomic mass is 9.99. The Kier molecular flexibility index (Phi) is 9.02. The number of rotatable bonds is 10. The zero-order valence-electron chi connectivity index (χ0n) is 24.4. The van der Waals surface area contributed by atoms with Crippen LogP contribution in [0.4, 0.5) is 43.8 Å². The van der Waals surface area contributed by atoms with E-state index in [1.165, 1.54) is 24.8 Å². The molecule has 1 amide bonds. The number of halogens is 6. The molecule has 0 spiro atoms. The van der Waals surface area contributed by atoms with E-state index in [-0.39, 0.29) is 42.6 Å². The second-order valence-electron chi connectivity index (χ2n) is 11.6. The van der Waals surface area contributed by atoms with Gasteiger partial charge in [0.25, 0.3) is 5.95 Å². The molecule has 1 aliphatic heterocycles. The van der Waals surface area contributed by atoms with Gasteiger partial charge < -0.3 is 15.1 Å². The molecule has 1 aromatic carbocycles. The molecule has 0 radical (unpaired) electrons. The summed E-state index contributed by atoms with van der Waals surface area (Å²) < 4.78 is 81.7. The van der Waals surface area contributed by atoms with Crippen molar-refractivity contribution in [2.75, 3.05) is 21.7 Å². The summed E-state index contributed by atoms with van der Waals surface area (Å²) in [5.41, 5.74) is -1.91. The fraction of sp³-hybridized carbons (Fsp3) is 0.552. The largest absolute Gasteiger partial charge is 0.416 e. The number of benzene rings is 1. The van der Waals surface area contributed by atoms with E-state index >= 15 is 0 Å². The summed E-state index contributed by atoms with van der Waals surface area (Å²) in [5.74, 6) is 1.04. The highest BCUT2D eigenvalue weighted by Gasteiger charge is 2.37. The Balaban J connectivity index is 1.51. The first-order valence-electron chi connectivity index (χ1n) is 14.6. The number of aromatic nitrogens is 5. The smallest absolute Gasteiger partial charge is 0.367 e. The second-order valence-corrected chi connectivity index (χ2v) is 11.6. The lowest BCUT2D eigenvalue weighted by Crippen LogP contribution is -2.28. The van der Waals surface area contributed by atoms with Crippen molar-refractivity contribution in [3.8, 4) is 0 Å². The summed E-state index contributed by atoms with van der Waals surface area (Å²) in [7, 11) is 1.50. The molecule has 15 heteroatoms. The molecule has 2 aliphatic rings. The fourth-order valence-electron chi connectivity index (χ4n) is 5.99. The van der Waals surface area contributed by atoms with Gasteiger partial charge in [0, 0.05) is 31.1 Å². The highest BCUT2D eigenvalue weighted by atomic mass is 19.4. The van der Waals surface area contributed by atoms with Gasteiger partial charge in [-0.3, -0.25) is 4.79 Å². The van der Waals surface area contributed by atoms with Gasteiger partial charge in [0.05, 0.1) is 36.6 Å². The number of aryl methyl sites for hydroxylation is 1. The third-order valence-corrected chi connectivity index (χ3v) is 8.04. The van der Waals surface area contributed by atoms with Crippen molar-refractivity contribution < 1.29 is 31.1 Å². The van der Waals surface area contributed by atoms with Gasteiger partial charge in [0.2, 0.25) is 5.91 Å². The number of carbonyl (C=O) groups excluding carboxylic acids is 1. The molecule has 1 atom stereocenters. The van der Waals surface area contributed by atoms with Crippen LogP contribution in [0.3, 0.4) is 0 Å². The van der Waals surface area contributed by atoms with Crippen molar-refractivity contribution in [3.63, 3.8) is 0 Å². The molecule has 1 saturated carbocycles. The van der Waals surface area contributed by atoms with Crippen LogP contribution < -0.4 is 15.1 Å². The molecule has 44 heavy (non-hydrogen) atoms. The normalized spacial score (nSPS) is 17.0. The third-order valence-electron chi connectivity index (χ3n) is 8.04. The average Bonchev–Trinajstić information content (AvgIpc) is 3.71. The number of alkyl halides is 6. The summed E-state index contributed by atoms with van der Waals surface area (Å²) in [6, 6.07) is 3.31. The monoisotopic (exact) mass is 624 g/mol. The molecule has 9 nitrogen and oxygen atoms in total. The van der Waals surface area contributed by atoms with Crippen LogP contribution in [-0.4, -0.2) is 43.7 Å². The van der Waals surface area contributed by atoms with E-state index in [9.17, 15) is 31.1 Å². The maximum atomic E-state index is 13.6. The standard InChI is InChI=1S/C29H34F6N8O/c1-18(10-19-6-3-4-7-19)37-26-21(13-24(15-36-26)43-9-5-8-25(43)44)17-42(27-38-40-41(2)39-27)16-20-11-22(28(30,31)32)14-23(12-20)29(33,34)35/h11-15,18-19H,3-10,16-17H2,1-2H3,(H,36,37). The molecule has 0 bridgehead atoms. The van der Waals surface area contributed by atoms with Gasteiger partial charge in [0.15, 0.2) is 0 Å². The van der Waals surface area contributed by atoms with Crippen LogP contribution in [-0.2, 0) is 37.3 Å². The van der Waals surface area contributed by atoms with Gasteiger partial charge in [-0.1, -0.05) is 30.8 Å². The van der Waals surface area contributed by atoms with E-state index in [0.29, 0.717) is 54.5 Å². The molecule has 2 fully saturated rings. The van der Waals surface area contributed by atoms with Gasteiger partial charge >= 0.3 is 12.4 Å². The van der Waals surface area contributed by atoms with Gasteiger partial charge in [-0.05, 0) is 60.7 Å². The number of amides is 1. The minimum atomic E-state index is -4.99. The molecular weight excluding hydrogens is 590 g/mol. The number of tetrazole rings is 1. The Morgan fingerprint density at radius 3 is 2.25 bits per heavy atom. The summed E-state index contributed by atoms with van der Waals surface area (Å²) in [6.45, 7) is 2.14. The minimum Gasteiger partial charge on any atom is -0.367 e. The van der Waals surface area contributed by atoms with Gasteiger partial charge in [-0.2, -0.15) is 31.1 Å². The quantitative estimate of drug-likeness (QED) is 0.263. The minimum absolute atomic E-state index is 0.00563. The van der Waals surface area contributed by atoms with E-state index in [1.807, 2.05) is 6.92 Å². The Hall–Kier alpha value is -3.91. The highest BCUT2D eigenvalue weighted by molar-refractivity contribution is 5.95. The molecule has 3 aromatic rings. The lowest BCUT2D eigenvalue weighted by Gasteiger charge is -2.26. The summed E-state index contributed by atoms with van der Waals surface area (Å²) in [4.78, 5) is 21.4. The summed E-state index contributed by atoms with van der Waals surface area (Å²) in [5, 5.41) is 15.5. The zero-order valence-corrected chi connectivity index (χ0v) is 24.4. The van der Waals surface area contributed by atoms with E-state index < -0.39 is 23.5 Å². The second kappa shape index (κ2) is 12.6. The Morgan fingerprint density at radius 2 is 1.68 bits per heavy atom. The molecular formula is C29H34F6N8O. The number of nitrogens with zero attached hydrogens (tertiary/aromatic N) is 7. The van der Waals surface area contributed by atoms with E-state index in [4.69, 9.17) is 0 Å². The van der Waals surface area contributed by atoms with Crippen molar-refractivity contribution in [1.82, 2.24) is 25.2 Å². The topological polar surface area (TPSA) is 92.1 Å². The van der Waals surface area contributed by atoms with E-state index in [1.54, 1.807) is 17.2 Å². The number of nitrogens with one attached hydrogen (secondary N) is 1. The van der Waals surface area contributed by atoms with Crippen molar-refractivity contribution in [1.29, 1.82) is 0 Å². The maximum absolute atomic E-state index is 13.6. The highest BCUT2D eigenvalue weighted by Crippen LogP contribution is 2.37. The first-order valence-corrected chi connectivity index (χ1v) is 14.6. The molecule has 3 heterocycles. The molecule has 238 valence electrons. The first-order chi connectivity index (χ1) is 20.8. The first kappa shape index (κ1) is 31.5. The molecule has 1 aliphatic carbocycles. The van der Waals surface area contributed by atoms with Crippen molar-refractivity contribution >= 4 is 23.4 Å². The Labute approximate surface area is 250 Å². The van der Waals surface area contributed by atoms with E-state index in [0.717, 1.165) is 24.1 Å². The third kappa shape index (κ3) is 7.59. The summed E-state index contributed by atoms with van der Waals surface area (Å²) in [6.07, 6.45) is -1.64. The van der Waals surface area contributed by atoms with Crippen LogP contribution in [0.5, 0.6) is 0 Å². The van der Waals surface area contributed by atoms with E-state index in [2.05, 4.69) is 25.7 Å². The Morgan fingerprint density at radius 1 is 1.00 bits per heavy atom. The zero-order chi connectivity index (χ0) is 31.6. The van der Waals surface area contributed by atoms with Gasteiger partial charge in [0.1, 0.15) is 5.82 Å². The molecule has 5 rings (SSSR count). The fourth-order valence-corrected chi connectivity index (χ4v) is 5.99. The molecule has 2 aromatic heterocycles. The molecule has 1 saturated heterocycles. The van der Waals surface area contributed by atoms with Crippen molar-refractivity contribution in [2.24, 2.45) is 13.0 Å². The van der Waals surface area contributed by atoms with Crippen molar-refractivity contribution in [3.05, 3.63) is 52.7 Å². The van der Waals surface area contributed by atoms with Crippen LogP contribution >= 0.6 is 0 Å². The lowest BCUT2D eigenvalue weighted by molar-refractivity contribution is -0.143. The Bertz CT molecular complexity index is 1430. The van der Waals surface area contributed by atoms with Gasteiger partial charge in [-0.25, -0.2) is 4.98 Å². The van der Waals surface area contributed by atoms with Crippen LogP contribution in [0, 0.1) is 5.92 Å². The molecule has 1 unspecified atom stereocenters. The number of carbonyl (C=O) groups is 1. The maximum Gasteiger partial charge on any atom is 0.416 e. The van der Waals surface area contributed by atoms with Crippen LogP contribution in [0.15, 0.2) is 30.5 Å². The predicted octanol–water partition coefficient (Wildman–Crippen LogP) is 6.36. The SMILES string of the molecule is CC(CC1CCCC1)Nc1ncc(N2CCCC2=O)cc1CN(Cc1cc(C(F)(F)F)cc(C(F)(F)F)c1)c1nnn(C)n1. The average molecular weight is 625 g/mol. The van der Waals surface area contributed by atoms with Crippen LogP contribution in [0.25, 0.3) is 0 Å². The van der Waals surface area contributed by atoms with Crippen LogP contribution in [0.2, 0.25) is 0 Å². The van der Waals surface area contributed by atoms with Crippen molar-refractivity contribution in [2.45, 2.75) is 83.4 Å². The van der Waals surface area contributed by atoms with Crippen LogP contribution in [0.1, 0.15) is 74.1 Å². The molecule has 1 N–H and O–H groups in total. The summed E-state index contributed by atoms with van der Waals surface area (Å²) >= 11 is 0. The number of hydrogen-bond acceptors (Lipinski definition) is 7. The number of hydrogen-bond donors (Lipinski definition) is 1. The number of anilines is 3. The van der Waals surface area contributed by atoms with Gasteiger partial charge in [-0.15, -0.1) is 5.10 Å². The number of pyridine rings is 1.